The molecular formula is C17H17N3O2S. The summed E-state index contributed by atoms with van der Waals surface area (Å²) in [5, 5.41) is 4.47. The van der Waals surface area contributed by atoms with Gasteiger partial charge in [-0.05, 0) is 36.8 Å². The predicted octanol–water partition coefficient (Wildman–Crippen LogP) is 4.39. The van der Waals surface area contributed by atoms with Crippen molar-refractivity contribution in [1.82, 2.24) is 9.97 Å². The van der Waals surface area contributed by atoms with Crippen molar-refractivity contribution >= 4 is 45.0 Å². The van der Waals surface area contributed by atoms with Gasteiger partial charge in [-0.2, -0.15) is 4.99 Å². The highest BCUT2D eigenvalue weighted by Gasteiger charge is 2.14. The van der Waals surface area contributed by atoms with Crippen molar-refractivity contribution in [2.24, 2.45) is 4.99 Å². The van der Waals surface area contributed by atoms with E-state index < -0.39 is 0 Å². The van der Waals surface area contributed by atoms with Crippen LogP contribution in [0.3, 0.4) is 0 Å². The average molecular weight is 327 g/mol. The second kappa shape index (κ2) is 6.87. The van der Waals surface area contributed by atoms with Gasteiger partial charge in [0, 0.05) is 29.0 Å². The minimum Gasteiger partial charge on any atom is -0.494 e. The van der Waals surface area contributed by atoms with Gasteiger partial charge in [-0.3, -0.25) is 0 Å². The monoisotopic (exact) mass is 327 g/mol. The Labute approximate surface area is 139 Å². The first-order valence-electron chi connectivity index (χ1n) is 7.41. The number of rotatable bonds is 6. The van der Waals surface area contributed by atoms with Crippen LogP contribution in [0.25, 0.3) is 21.8 Å². The lowest BCUT2D eigenvalue weighted by molar-refractivity contribution is 0.186. The summed E-state index contributed by atoms with van der Waals surface area (Å²) in [6.07, 6.45) is 2.73. The van der Waals surface area contributed by atoms with Crippen LogP contribution < -0.4 is 4.74 Å². The number of isothiocyanates is 1. The van der Waals surface area contributed by atoms with E-state index >= 15 is 0 Å². The zero-order valence-corrected chi connectivity index (χ0v) is 13.9. The fraction of sp³-hybridized carbons (Fsp3) is 0.294. The Hall–Kier alpha value is -2.27. The molecule has 0 bridgehead atoms. The van der Waals surface area contributed by atoms with E-state index in [2.05, 4.69) is 27.0 Å². The SMILES string of the molecule is CCCOc1ccc2[nH]c3cnc(N=C=S)c(COC)c3c2c1. The second-order valence-corrected chi connectivity index (χ2v) is 5.35. The topological polar surface area (TPSA) is 59.5 Å². The van der Waals surface area contributed by atoms with Crippen LogP contribution in [-0.2, 0) is 11.3 Å². The molecule has 3 rings (SSSR count). The molecule has 23 heavy (non-hydrogen) atoms. The Balaban J connectivity index is 2.27. The molecule has 0 spiro atoms. The van der Waals surface area contributed by atoms with E-state index in [0.717, 1.165) is 39.5 Å². The van der Waals surface area contributed by atoms with Crippen LogP contribution >= 0.6 is 12.2 Å². The summed E-state index contributed by atoms with van der Waals surface area (Å²) in [4.78, 5) is 11.8. The van der Waals surface area contributed by atoms with Crippen LogP contribution in [0.15, 0.2) is 29.4 Å². The largest absolute Gasteiger partial charge is 0.494 e. The molecule has 0 saturated carbocycles. The van der Waals surface area contributed by atoms with Gasteiger partial charge in [0.15, 0.2) is 5.82 Å². The molecule has 0 unspecified atom stereocenters. The molecule has 5 nitrogen and oxygen atoms in total. The van der Waals surface area contributed by atoms with Crippen molar-refractivity contribution < 1.29 is 9.47 Å². The van der Waals surface area contributed by atoms with Crippen molar-refractivity contribution in [3.8, 4) is 5.75 Å². The highest BCUT2D eigenvalue weighted by Crippen LogP contribution is 2.34. The van der Waals surface area contributed by atoms with Gasteiger partial charge in [-0.1, -0.05) is 6.92 Å². The lowest BCUT2D eigenvalue weighted by atomic mass is 10.1. The predicted molar refractivity (Wildman–Crippen MR) is 94.8 cm³/mol. The molecule has 0 aliphatic rings. The lowest BCUT2D eigenvalue weighted by Gasteiger charge is -2.07. The van der Waals surface area contributed by atoms with Crippen molar-refractivity contribution in [2.75, 3.05) is 13.7 Å². The molecular weight excluding hydrogens is 310 g/mol. The van der Waals surface area contributed by atoms with E-state index in [1.165, 1.54) is 0 Å². The highest BCUT2D eigenvalue weighted by atomic mass is 32.1. The number of nitrogens with zero attached hydrogens (tertiary/aromatic N) is 2. The number of benzene rings is 1. The Morgan fingerprint density at radius 1 is 1.35 bits per heavy atom. The minimum absolute atomic E-state index is 0.396. The van der Waals surface area contributed by atoms with E-state index in [9.17, 15) is 0 Å². The second-order valence-electron chi connectivity index (χ2n) is 5.17. The van der Waals surface area contributed by atoms with Gasteiger partial charge >= 0.3 is 0 Å². The molecule has 0 amide bonds. The van der Waals surface area contributed by atoms with Crippen molar-refractivity contribution in [1.29, 1.82) is 0 Å². The third-order valence-electron chi connectivity index (χ3n) is 3.60. The summed E-state index contributed by atoms with van der Waals surface area (Å²) in [5.74, 6) is 1.38. The van der Waals surface area contributed by atoms with Gasteiger partial charge in [0.2, 0.25) is 0 Å². The molecule has 0 aliphatic heterocycles. The first-order chi connectivity index (χ1) is 11.3. The molecule has 2 heterocycles. The molecule has 0 fully saturated rings. The summed E-state index contributed by atoms with van der Waals surface area (Å²) >= 11 is 4.72. The number of pyridine rings is 1. The first kappa shape index (κ1) is 15.6. The van der Waals surface area contributed by atoms with Crippen molar-refractivity contribution in [2.45, 2.75) is 20.0 Å². The van der Waals surface area contributed by atoms with Gasteiger partial charge in [0.25, 0.3) is 0 Å². The quantitative estimate of drug-likeness (QED) is 0.539. The highest BCUT2D eigenvalue weighted by molar-refractivity contribution is 7.78. The van der Waals surface area contributed by atoms with Crippen LogP contribution in [0.1, 0.15) is 18.9 Å². The number of nitrogens with one attached hydrogen (secondary N) is 1. The van der Waals surface area contributed by atoms with Crippen LogP contribution in [0.5, 0.6) is 5.75 Å². The summed E-state index contributed by atoms with van der Waals surface area (Å²) in [5.41, 5.74) is 2.84. The Morgan fingerprint density at radius 2 is 2.22 bits per heavy atom. The van der Waals surface area contributed by atoms with Crippen molar-refractivity contribution in [3.63, 3.8) is 0 Å². The van der Waals surface area contributed by atoms with Gasteiger partial charge in [-0.15, -0.1) is 0 Å². The lowest BCUT2D eigenvalue weighted by Crippen LogP contribution is -1.94. The maximum atomic E-state index is 5.75. The van der Waals surface area contributed by atoms with E-state index in [1.54, 1.807) is 13.3 Å². The summed E-state index contributed by atoms with van der Waals surface area (Å²) in [6.45, 7) is 3.18. The van der Waals surface area contributed by atoms with E-state index in [4.69, 9.17) is 21.7 Å². The summed E-state index contributed by atoms with van der Waals surface area (Å²) in [6, 6.07) is 6.01. The van der Waals surface area contributed by atoms with Crippen molar-refractivity contribution in [3.05, 3.63) is 30.0 Å². The number of H-pyrrole nitrogens is 1. The zero-order chi connectivity index (χ0) is 16.2. The number of aliphatic imine (C=N–C) groups is 1. The van der Waals surface area contributed by atoms with E-state index in [-0.39, 0.29) is 0 Å². The van der Waals surface area contributed by atoms with Crippen LogP contribution in [0, 0.1) is 0 Å². The van der Waals surface area contributed by atoms with E-state index in [0.29, 0.717) is 19.0 Å². The zero-order valence-electron chi connectivity index (χ0n) is 13.0. The number of ether oxygens (including phenoxy) is 2. The average Bonchev–Trinajstić information content (AvgIpc) is 2.93. The number of hydrogen-bond donors (Lipinski definition) is 1. The maximum Gasteiger partial charge on any atom is 0.168 e. The normalized spacial score (nSPS) is 10.9. The third-order valence-corrected chi connectivity index (χ3v) is 3.69. The summed E-state index contributed by atoms with van der Waals surface area (Å²) < 4.78 is 11.1. The maximum absolute atomic E-state index is 5.75. The van der Waals surface area contributed by atoms with Gasteiger partial charge < -0.3 is 14.5 Å². The Kier molecular flexibility index (Phi) is 4.67. The number of aromatic nitrogens is 2. The number of fused-ring (bicyclic) bond motifs is 3. The minimum atomic E-state index is 0.396. The summed E-state index contributed by atoms with van der Waals surface area (Å²) in [7, 11) is 1.65. The third kappa shape index (κ3) is 2.97. The molecule has 1 aromatic carbocycles. The molecule has 118 valence electrons. The number of thiocarbonyl (C=S) groups is 1. The molecule has 0 radical (unpaired) electrons. The molecule has 3 aromatic rings. The molecule has 0 atom stereocenters. The molecule has 0 saturated heterocycles. The van der Waals surface area contributed by atoms with E-state index in [1.807, 2.05) is 18.2 Å². The molecule has 1 N–H and O–H groups in total. The van der Waals surface area contributed by atoms with Gasteiger partial charge in [0.1, 0.15) is 5.75 Å². The van der Waals surface area contributed by atoms with Crippen LogP contribution in [0.4, 0.5) is 5.82 Å². The number of aromatic amines is 1. The smallest absolute Gasteiger partial charge is 0.168 e. The fourth-order valence-electron chi connectivity index (χ4n) is 2.66. The Morgan fingerprint density at radius 3 is 2.96 bits per heavy atom. The molecule has 6 heteroatoms. The van der Waals surface area contributed by atoms with Gasteiger partial charge in [0.05, 0.1) is 30.1 Å². The molecule has 0 aliphatic carbocycles. The fourth-order valence-corrected chi connectivity index (χ4v) is 2.75. The first-order valence-corrected chi connectivity index (χ1v) is 7.82. The molecule has 2 aromatic heterocycles. The van der Waals surface area contributed by atoms with Gasteiger partial charge in [-0.25, -0.2) is 4.98 Å². The van der Waals surface area contributed by atoms with Crippen LogP contribution in [0.2, 0.25) is 0 Å². The number of methoxy groups -OCH3 is 1. The Bertz CT molecular complexity index is 898. The van der Waals surface area contributed by atoms with Crippen LogP contribution in [-0.4, -0.2) is 28.8 Å². The standard InChI is InChI=1S/C17H17N3O2S/c1-3-6-22-11-4-5-14-12(7-11)16-13(9-21-2)17(19-10-23)18-8-15(16)20-14/h4-5,7-8,20H,3,6,9H2,1-2H3. The number of hydrogen-bond acceptors (Lipinski definition) is 5.